The van der Waals surface area contributed by atoms with Crippen LogP contribution >= 0.6 is 0 Å². The second-order valence-corrected chi connectivity index (χ2v) is 9.72. The maximum absolute atomic E-state index is 13.1. The molecule has 5 rings (SSSR count). The zero-order valence-corrected chi connectivity index (χ0v) is 18.6. The predicted octanol–water partition coefficient (Wildman–Crippen LogP) is 3.55. The summed E-state index contributed by atoms with van der Waals surface area (Å²) in [6.45, 7) is 1.50. The molecule has 0 saturated carbocycles. The SMILES string of the molecule is CCS(=O)(=O)c1cc(-c2cccn3ncnc23)cnc1-c1nc2cc(C(F)(F)F)ncc2n1C. The second kappa shape index (κ2) is 7.58. The molecule has 174 valence electrons. The molecule has 0 fully saturated rings. The van der Waals surface area contributed by atoms with Gasteiger partial charge in [-0.1, -0.05) is 6.92 Å². The van der Waals surface area contributed by atoms with Crippen LogP contribution < -0.4 is 0 Å². The summed E-state index contributed by atoms with van der Waals surface area (Å²) in [6, 6.07) is 5.81. The lowest BCUT2D eigenvalue weighted by Crippen LogP contribution is -2.09. The van der Waals surface area contributed by atoms with Gasteiger partial charge in [-0.15, -0.1) is 0 Å². The highest BCUT2D eigenvalue weighted by Crippen LogP contribution is 2.34. The monoisotopic (exact) mass is 487 g/mol. The molecular weight excluding hydrogens is 471 g/mol. The summed E-state index contributed by atoms with van der Waals surface area (Å²) in [5, 5.41) is 4.09. The lowest BCUT2D eigenvalue weighted by Gasteiger charge is -2.11. The van der Waals surface area contributed by atoms with Gasteiger partial charge in [0.2, 0.25) is 0 Å². The molecular formula is C21H16F3N7O2S. The Morgan fingerprint density at radius 2 is 1.88 bits per heavy atom. The van der Waals surface area contributed by atoms with Crippen LogP contribution in [-0.4, -0.2) is 48.3 Å². The molecule has 0 N–H and O–H groups in total. The minimum atomic E-state index is -4.63. The van der Waals surface area contributed by atoms with Gasteiger partial charge in [0.25, 0.3) is 0 Å². The third-order valence-corrected chi connectivity index (χ3v) is 7.19. The van der Waals surface area contributed by atoms with E-state index >= 15 is 0 Å². The summed E-state index contributed by atoms with van der Waals surface area (Å²) >= 11 is 0. The fraction of sp³-hybridized carbons (Fsp3) is 0.190. The average Bonchev–Trinajstić information content (AvgIpc) is 3.42. The molecule has 0 amide bonds. The molecule has 0 atom stereocenters. The number of pyridine rings is 3. The highest BCUT2D eigenvalue weighted by Gasteiger charge is 2.33. The molecule has 0 aliphatic rings. The van der Waals surface area contributed by atoms with Gasteiger partial charge >= 0.3 is 6.18 Å². The van der Waals surface area contributed by atoms with Crippen molar-refractivity contribution in [1.29, 1.82) is 0 Å². The van der Waals surface area contributed by atoms with Gasteiger partial charge in [-0.05, 0) is 24.3 Å². The molecule has 0 saturated heterocycles. The van der Waals surface area contributed by atoms with Crippen molar-refractivity contribution in [3.63, 3.8) is 0 Å². The van der Waals surface area contributed by atoms with Crippen LogP contribution in [-0.2, 0) is 23.1 Å². The zero-order valence-electron chi connectivity index (χ0n) is 17.8. The number of fused-ring (bicyclic) bond motifs is 2. The minimum absolute atomic E-state index is 0.0266. The van der Waals surface area contributed by atoms with Crippen LogP contribution in [0.1, 0.15) is 12.6 Å². The molecule has 13 heteroatoms. The van der Waals surface area contributed by atoms with E-state index in [0.29, 0.717) is 22.3 Å². The summed E-state index contributed by atoms with van der Waals surface area (Å²) < 4.78 is 68.4. The number of halogens is 3. The number of alkyl halides is 3. The molecule has 9 nitrogen and oxygen atoms in total. The van der Waals surface area contributed by atoms with Crippen molar-refractivity contribution in [2.24, 2.45) is 7.05 Å². The molecule has 0 radical (unpaired) electrons. The first kappa shape index (κ1) is 21.9. The van der Waals surface area contributed by atoms with E-state index in [9.17, 15) is 21.6 Å². The van der Waals surface area contributed by atoms with Crippen molar-refractivity contribution in [1.82, 2.24) is 34.1 Å². The number of rotatable bonds is 4. The highest BCUT2D eigenvalue weighted by atomic mass is 32.2. The largest absolute Gasteiger partial charge is 0.433 e. The number of hydrogen-bond donors (Lipinski definition) is 0. The average molecular weight is 487 g/mol. The molecule has 0 bridgehead atoms. The number of sulfone groups is 1. The number of aromatic nitrogens is 7. The minimum Gasteiger partial charge on any atom is -0.324 e. The van der Waals surface area contributed by atoms with Crippen molar-refractivity contribution in [3.05, 3.63) is 54.9 Å². The first-order chi connectivity index (χ1) is 16.1. The van der Waals surface area contributed by atoms with E-state index < -0.39 is 21.7 Å². The van der Waals surface area contributed by atoms with Gasteiger partial charge in [-0.25, -0.2) is 27.9 Å². The van der Waals surface area contributed by atoms with E-state index in [1.165, 1.54) is 30.1 Å². The molecule has 5 aromatic rings. The van der Waals surface area contributed by atoms with E-state index in [4.69, 9.17) is 0 Å². The van der Waals surface area contributed by atoms with Crippen molar-refractivity contribution in [2.75, 3.05) is 5.75 Å². The summed E-state index contributed by atoms with van der Waals surface area (Å²) in [7, 11) is -2.22. The molecule has 0 unspecified atom stereocenters. The Morgan fingerprint density at radius 1 is 1.09 bits per heavy atom. The topological polar surface area (TPSA) is 108 Å². The first-order valence-corrected chi connectivity index (χ1v) is 11.7. The van der Waals surface area contributed by atoms with Gasteiger partial charge in [0.15, 0.2) is 21.3 Å². The Bertz CT molecular complexity index is 1670. The number of nitrogens with zero attached hydrogens (tertiary/aromatic N) is 7. The smallest absolute Gasteiger partial charge is 0.324 e. The van der Waals surface area contributed by atoms with Crippen LogP contribution in [0.25, 0.3) is 39.3 Å². The van der Waals surface area contributed by atoms with Crippen LogP contribution in [0.2, 0.25) is 0 Å². The lowest BCUT2D eigenvalue weighted by atomic mass is 10.1. The van der Waals surface area contributed by atoms with Crippen LogP contribution in [0.15, 0.2) is 54.1 Å². The Balaban J connectivity index is 1.74. The van der Waals surface area contributed by atoms with Gasteiger partial charge in [-0.3, -0.25) is 4.98 Å². The molecule has 0 spiro atoms. The summed E-state index contributed by atoms with van der Waals surface area (Å²) in [4.78, 5) is 16.3. The number of aryl methyl sites for hydroxylation is 1. The summed E-state index contributed by atoms with van der Waals surface area (Å²) in [5.41, 5.74) is 0.915. The number of imidazole rings is 1. The van der Waals surface area contributed by atoms with Crippen LogP contribution in [0.4, 0.5) is 13.2 Å². The van der Waals surface area contributed by atoms with Gasteiger partial charge < -0.3 is 4.57 Å². The quantitative estimate of drug-likeness (QED) is 0.381. The standard InChI is InChI=1S/C21H16F3N7O2S/c1-3-34(32,33)16-7-12(13-5-4-6-31-19(13)27-11-28-31)9-26-18(16)20-29-14-8-17(21(22,23)24)25-10-15(14)30(20)2/h4-11H,3H2,1-2H3. The van der Waals surface area contributed by atoms with E-state index in [-0.39, 0.29) is 27.7 Å². The zero-order chi connectivity index (χ0) is 24.3. The molecule has 34 heavy (non-hydrogen) atoms. The number of hydrogen-bond acceptors (Lipinski definition) is 7. The van der Waals surface area contributed by atoms with Gasteiger partial charge in [0.1, 0.15) is 17.7 Å². The fourth-order valence-corrected chi connectivity index (χ4v) is 4.74. The summed E-state index contributed by atoms with van der Waals surface area (Å²) in [5.74, 6) is -0.0975. The van der Waals surface area contributed by atoms with Crippen molar-refractivity contribution < 1.29 is 21.6 Å². The van der Waals surface area contributed by atoms with E-state index in [2.05, 4.69) is 25.0 Å². The van der Waals surface area contributed by atoms with Crippen molar-refractivity contribution in [2.45, 2.75) is 18.0 Å². The summed E-state index contributed by atoms with van der Waals surface area (Å²) in [6.07, 6.45) is 0.994. The predicted molar refractivity (Wildman–Crippen MR) is 116 cm³/mol. The molecule has 0 aliphatic heterocycles. The maximum atomic E-state index is 13.1. The Kier molecular flexibility index (Phi) is 4.90. The normalized spacial score (nSPS) is 12.6. The van der Waals surface area contributed by atoms with Gasteiger partial charge in [0, 0.05) is 30.6 Å². The third kappa shape index (κ3) is 3.48. The Morgan fingerprint density at radius 3 is 2.62 bits per heavy atom. The third-order valence-electron chi connectivity index (χ3n) is 5.45. The van der Waals surface area contributed by atoms with E-state index in [1.54, 1.807) is 29.9 Å². The molecule has 5 heterocycles. The maximum Gasteiger partial charge on any atom is 0.433 e. The van der Waals surface area contributed by atoms with Crippen LogP contribution in [0.5, 0.6) is 0 Å². The molecule has 0 aliphatic carbocycles. The van der Waals surface area contributed by atoms with E-state index in [0.717, 1.165) is 12.3 Å². The molecule has 5 aromatic heterocycles. The van der Waals surface area contributed by atoms with Gasteiger partial charge in [0.05, 0.1) is 27.9 Å². The molecule has 0 aromatic carbocycles. The van der Waals surface area contributed by atoms with Crippen molar-refractivity contribution in [3.8, 4) is 22.6 Å². The lowest BCUT2D eigenvalue weighted by molar-refractivity contribution is -0.141. The van der Waals surface area contributed by atoms with E-state index in [1.807, 2.05) is 0 Å². The van der Waals surface area contributed by atoms with Crippen molar-refractivity contribution >= 4 is 26.5 Å². The van der Waals surface area contributed by atoms with Gasteiger partial charge in [-0.2, -0.15) is 18.3 Å². The van der Waals surface area contributed by atoms with Crippen LogP contribution in [0, 0.1) is 0 Å². The highest BCUT2D eigenvalue weighted by molar-refractivity contribution is 7.91. The fourth-order valence-electron chi connectivity index (χ4n) is 3.68. The Hall–Kier alpha value is -3.87. The second-order valence-electron chi connectivity index (χ2n) is 7.47. The Labute approximate surface area is 190 Å². The van der Waals surface area contributed by atoms with Crippen LogP contribution in [0.3, 0.4) is 0 Å². The first-order valence-electron chi connectivity index (χ1n) is 10.0.